The fourth-order valence-electron chi connectivity index (χ4n) is 1.53. The molecule has 0 aliphatic carbocycles. The zero-order valence-electron chi connectivity index (χ0n) is 7.41. The van der Waals surface area contributed by atoms with Crippen molar-refractivity contribution in [3.8, 4) is 12.3 Å². The number of terminal acetylenes is 1. The molecule has 0 amide bonds. The van der Waals surface area contributed by atoms with Gasteiger partial charge in [0.15, 0.2) is 0 Å². The summed E-state index contributed by atoms with van der Waals surface area (Å²) in [4.78, 5) is 4.12. The van der Waals surface area contributed by atoms with Crippen molar-refractivity contribution < 1.29 is 0 Å². The van der Waals surface area contributed by atoms with E-state index in [0.717, 1.165) is 21.9 Å². The van der Waals surface area contributed by atoms with Crippen molar-refractivity contribution in [2.75, 3.05) is 0 Å². The smallest absolute Gasteiger partial charge is 0.0347 e. The van der Waals surface area contributed by atoms with Crippen molar-refractivity contribution in [3.05, 3.63) is 41.7 Å². The maximum Gasteiger partial charge on any atom is 0.0347 e. The maximum absolute atomic E-state index is 5.41. The van der Waals surface area contributed by atoms with Crippen LogP contribution in [0.15, 0.2) is 30.6 Å². The van der Waals surface area contributed by atoms with Crippen LogP contribution in [0.25, 0.3) is 10.8 Å². The predicted molar refractivity (Wildman–Crippen MR) is 54.4 cm³/mol. The molecule has 0 spiro atoms. The van der Waals surface area contributed by atoms with Gasteiger partial charge in [0, 0.05) is 28.7 Å². The van der Waals surface area contributed by atoms with Crippen LogP contribution in [0.2, 0.25) is 0 Å². The largest absolute Gasteiger partial charge is 0.264 e. The molecule has 13 heavy (non-hydrogen) atoms. The molecule has 1 aromatic carbocycles. The fraction of sp³-hybridized carbons (Fsp3) is 0.0833. The molecule has 2 rings (SSSR count). The molecule has 0 bridgehead atoms. The minimum absolute atomic E-state index is 0.942. The van der Waals surface area contributed by atoms with E-state index in [-0.39, 0.29) is 0 Å². The summed E-state index contributed by atoms with van der Waals surface area (Å²) in [5.41, 5.74) is 2.07. The summed E-state index contributed by atoms with van der Waals surface area (Å²) in [5.74, 6) is 2.68. The Balaban J connectivity index is 2.97. The van der Waals surface area contributed by atoms with Crippen LogP contribution in [0.1, 0.15) is 11.1 Å². The zero-order valence-corrected chi connectivity index (χ0v) is 7.41. The average molecular weight is 167 g/mol. The maximum atomic E-state index is 5.41. The molecule has 1 heterocycles. The highest BCUT2D eigenvalue weighted by atomic mass is 14.6. The lowest BCUT2D eigenvalue weighted by Gasteiger charge is -2.02. The van der Waals surface area contributed by atoms with E-state index in [2.05, 4.69) is 10.9 Å². The number of benzene rings is 1. The number of fused-ring (bicyclic) bond motifs is 1. The van der Waals surface area contributed by atoms with E-state index >= 15 is 0 Å². The Labute approximate surface area is 77.4 Å². The summed E-state index contributed by atoms with van der Waals surface area (Å²) in [5, 5.41) is 2.25. The van der Waals surface area contributed by atoms with Gasteiger partial charge in [0.2, 0.25) is 0 Å². The minimum atomic E-state index is 0.942. The van der Waals surface area contributed by atoms with E-state index in [1.54, 1.807) is 0 Å². The first-order valence-electron chi connectivity index (χ1n) is 4.13. The van der Waals surface area contributed by atoms with E-state index in [1.165, 1.54) is 0 Å². The molecule has 2 aromatic rings. The van der Waals surface area contributed by atoms with Gasteiger partial charge in [0.1, 0.15) is 0 Å². The summed E-state index contributed by atoms with van der Waals surface area (Å²) >= 11 is 0. The van der Waals surface area contributed by atoms with Gasteiger partial charge in [0.25, 0.3) is 0 Å². The summed E-state index contributed by atoms with van der Waals surface area (Å²) in [6.45, 7) is 2.02. The first-order valence-corrected chi connectivity index (χ1v) is 4.13. The fourth-order valence-corrected chi connectivity index (χ4v) is 1.53. The lowest BCUT2D eigenvalue weighted by Crippen LogP contribution is -1.85. The van der Waals surface area contributed by atoms with Gasteiger partial charge in [-0.3, -0.25) is 4.98 Å². The first kappa shape index (κ1) is 7.82. The molecule has 0 atom stereocenters. The molecule has 1 heteroatoms. The van der Waals surface area contributed by atoms with E-state index in [9.17, 15) is 0 Å². The standard InChI is InChI=1S/C12H9N/c1-3-10-5-4-6-11-8-13-7-9(2)12(10)11/h1,4-8H,2H3. The number of rotatable bonds is 0. The van der Waals surface area contributed by atoms with Crippen LogP contribution < -0.4 is 0 Å². The van der Waals surface area contributed by atoms with Crippen LogP contribution in [-0.2, 0) is 0 Å². The van der Waals surface area contributed by atoms with Crippen molar-refractivity contribution >= 4 is 10.8 Å². The molecule has 1 aromatic heterocycles. The second-order valence-electron chi connectivity index (χ2n) is 3.00. The molecule has 0 saturated heterocycles. The number of aryl methyl sites for hydroxylation is 1. The van der Waals surface area contributed by atoms with E-state index < -0.39 is 0 Å². The molecular formula is C12H9N. The second-order valence-corrected chi connectivity index (χ2v) is 3.00. The van der Waals surface area contributed by atoms with Gasteiger partial charge < -0.3 is 0 Å². The highest BCUT2D eigenvalue weighted by Gasteiger charge is 2.00. The molecular weight excluding hydrogens is 158 g/mol. The van der Waals surface area contributed by atoms with Gasteiger partial charge >= 0.3 is 0 Å². The predicted octanol–water partition coefficient (Wildman–Crippen LogP) is 2.52. The Kier molecular flexibility index (Phi) is 1.75. The molecule has 0 radical (unpaired) electrons. The van der Waals surface area contributed by atoms with Gasteiger partial charge in [-0.05, 0) is 18.6 Å². The Morgan fingerprint density at radius 3 is 2.92 bits per heavy atom. The number of pyridine rings is 1. The summed E-state index contributed by atoms with van der Waals surface area (Å²) in [6, 6.07) is 5.93. The third-order valence-electron chi connectivity index (χ3n) is 2.13. The summed E-state index contributed by atoms with van der Waals surface area (Å²) < 4.78 is 0. The molecule has 1 nitrogen and oxygen atoms in total. The molecule has 0 N–H and O–H groups in total. The third kappa shape index (κ3) is 1.17. The highest BCUT2D eigenvalue weighted by molar-refractivity contribution is 5.89. The van der Waals surface area contributed by atoms with E-state index in [4.69, 9.17) is 6.42 Å². The third-order valence-corrected chi connectivity index (χ3v) is 2.13. The highest BCUT2D eigenvalue weighted by Crippen LogP contribution is 2.20. The van der Waals surface area contributed by atoms with E-state index in [0.29, 0.717) is 0 Å². The normalized spacial score (nSPS) is 9.85. The zero-order chi connectivity index (χ0) is 9.26. The summed E-state index contributed by atoms with van der Waals surface area (Å²) in [7, 11) is 0. The number of aromatic nitrogens is 1. The van der Waals surface area contributed by atoms with Crippen LogP contribution in [0.5, 0.6) is 0 Å². The van der Waals surface area contributed by atoms with Crippen molar-refractivity contribution in [1.29, 1.82) is 0 Å². The molecule has 62 valence electrons. The SMILES string of the molecule is C#Cc1cccc2cncc(C)c12. The quantitative estimate of drug-likeness (QED) is 0.549. The average Bonchev–Trinajstić information content (AvgIpc) is 2.17. The van der Waals surface area contributed by atoms with Crippen LogP contribution in [-0.4, -0.2) is 4.98 Å². The van der Waals surface area contributed by atoms with Crippen LogP contribution in [0, 0.1) is 19.3 Å². The van der Waals surface area contributed by atoms with E-state index in [1.807, 2.05) is 37.5 Å². The second kappa shape index (κ2) is 2.91. The number of nitrogens with zero attached hydrogens (tertiary/aromatic N) is 1. The van der Waals surface area contributed by atoms with Gasteiger partial charge in [-0.2, -0.15) is 0 Å². The van der Waals surface area contributed by atoms with Gasteiger partial charge in [0.05, 0.1) is 0 Å². The van der Waals surface area contributed by atoms with Crippen molar-refractivity contribution in [2.45, 2.75) is 6.92 Å². The van der Waals surface area contributed by atoms with Crippen molar-refractivity contribution in [3.63, 3.8) is 0 Å². The minimum Gasteiger partial charge on any atom is -0.264 e. The Morgan fingerprint density at radius 1 is 1.31 bits per heavy atom. The molecule has 0 aliphatic heterocycles. The number of hydrogen-bond donors (Lipinski definition) is 0. The Bertz CT molecular complexity index is 487. The topological polar surface area (TPSA) is 12.9 Å². The van der Waals surface area contributed by atoms with Gasteiger partial charge in [-0.25, -0.2) is 0 Å². The summed E-state index contributed by atoms with van der Waals surface area (Å²) in [6.07, 6.45) is 9.09. The first-order chi connectivity index (χ1) is 6.33. The van der Waals surface area contributed by atoms with Crippen LogP contribution in [0.3, 0.4) is 0 Å². The Hall–Kier alpha value is -1.81. The Morgan fingerprint density at radius 2 is 2.15 bits per heavy atom. The molecule has 0 unspecified atom stereocenters. The van der Waals surface area contributed by atoms with Crippen molar-refractivity contribution in [2.24, 2.45) is 0 Å². The van der Waals surface area contributed by atoms with Gasteiger partial charge in [-0.15, -0.1) is 6.42 Å². The van der Waals surface area contributed by atoms with Gasteiger partial charge in [-0.1, -0.05) is 18.1 Å². The van der Waals surface area contributed by atoms with Crippen molar-refractivity contribution in [1.82, 2.24) is 4.98 Å². The monoisotopic (exact) mass is 167 g/mol. The number of hydrogen-bond acceptors (Lipinski definition) is 1. The van der Waals surface area contributed by atoms with Crippen LogP contribution >= 0.6 is 0 Å². The lowest BCUT2D eigenvalue weighted by molar-refractivity contribution is 1.31. The lowest BCUT2D eigenvalue weighted by atomic mass is 10.0. The van der Waals surface area contributed by atoms with Crippen LogP contribution in [0.4, 0.5) is 0 Å². The molecule has 0 fully saturated rings. The molecule has 0 saturated carbocycles. The molecule has 0 aliphatic rings.